The molecule has 20 heavy (non-hydrogen) atoms. The highest BCUT2D eigenvalue weighted by molar-refractivity contribution is 6.12. The summed E-state index contributed by atoms with van der Waals surface area (Å²) in [5, 5.41) is 4.67. The molecule has 0 spiro atoms. The topological polar surface area (TPSA) is 68.0 Å². The van der Waals surface area contributed by atoms with Crippen molar-refractivity contribution in [2.45, 2.75) is 0 Å². The number of anilines is 2. The van der Waals surface area contributed by atoms with E-state index in [1.807, 2.05) is 24.3 Å². The van der Waals surface area contributed by atoms with Gasteiger partial charge in [-0.2, -0.15) is 0 Å². The van der Waals surface area contributed by atoms with Gasteiger partial charge in [0, 0.05) is 29.2 Å². The van der Waals surface area contributed by atoms with Crippen LogP contribution in [0, 0.1) is 0 Å². The van der Waals surface area contributed by atoms with E-state index in [9.17, 15) is 4.79 Å². The maximum Gasteiger partial charge on any atom is 0.257 e. The fourth-order valence-electron chi connectivity index (χ4n) is 2.06. The molecule has 0 aliphatic heterocycles. The first-order valence-electron chi connectivity index (χ1n) is 6.24. The number of pyridine rings is 1. The van der Waals surface area contributed by atoms with Gasteiger partial charge in [0.1, 0.15) is 0 Å². The van der Waals surface area contributed by atoms with E-state index in [1.54, 1.807) is 36.7 Å². The van der Waals surface area contributed by atoms with Gasteiger partial charge in [0.25, 0.3) is 5.91 Å². The lowest BCUT2D eigenvalue weighted by atomic mass is 10.1. The number of carbonyl (C=O) groups is 1. The molecule has 3 aromatic rings. The van der Waals surface area contributed by atoms with E-state index < -0.39 is 0 Å². The Balaban J connectivity index is 1.94. The molecule has 0 radical (unpaired) electrons. The number of aromatic nitrogens is 1. The van der Waals surface area contributed by atoms with Crippen molar-refractivity contribution in [1.29, 1.82) is 0 Å². The number of carbonyl (C=O) groups excluding carboxylic acids is 1. The predicted octanol–water partition coefficient (Wildman–Crippen LogP) is 3.07. The van der Waals surface area contributed by atoms with Crippen LogP contribution in [0.5, 0.6) is 0 Å². The molecule has 3 N–H and O–H groups in total. The molecule has 2 aromatic carbocycles. The number of nitrogen functional groups attached to an aromatic ring is 1. The third-order valence-corrected chi connectivity index (χ3v) is 3.08. The average Bonchev–Trinajstić information content (AvgIpc) is 2.49. The summed E-state index contributed by atoms with van der Waals surface area (Å²) in [6.07, 6.45) is 3.32. The average molecular weight is 263 g/mol. The number of amides is 1. The number of hydrogen-bond donors (Lipinski definition) is 2. The summed E-state index contributed by atoms with van der Waals surface area (Å²) < 4.78 is 0. The van der Waals surface area contributed by atoms with Crippen LogP contribution in [0.4, 0.5) is 11.4 Å². The minimum Gasteiger partial charge on any atom is -0.399 e. The van der Waals surface area contributed by atoms with Gasteiger partial charge in [0.05, 0.1) is 5.56 Å². The monoisotopic (exact) mass is 263 g/mol. The van der Waals surface area contributed by atoms with Gasteiger partial charge in [0.2, 0.25) is 0 Å². The number of nitrogens with zero attached hydrogens (tertiary/aromatic N) is 1. The predicted molar refractivity (Wildman–Crippen MR) is 80.6 cm³/mol. The highest BCUT2D eigenvalue weighted by atomic mass is 16.1. The van der Waals surface area contributed by atoms with Gasteiger partial charge < -0.3 is 11.1 Å². The molecule has 0 bridgehead atoms. The molecule has 1 heterocycles. The molecule has 4 nitrogen and oxygen atoms in total. The van der Waals surface area contributed by atoms with Gasteiger partial charge in [-0.05, 0) is 29.7 Å². The van der Waals surface area contributed by atoms with Gasteiger partial charge in [-0.15, -0.1) is 0 Å². The molecular formula is C16H13N3O. The molecule has 98 valence electrons. The highest BCUT2D eigenvalue weighted by Gasteiger charge is 2.10. The Bertz CT molecular complexity index is 761. The largest absolute Gasteiger partial charge is 0.399 e. The quantitative estimate of drug-likeness (QED) is 0.698. The van der Waals surface area contributed by atoms with Crippen molar-refractivity contribution in [3.8, 4) is 0 Å². The molecule has 0 aliphatic carbocycles. The zero-order valence-electron chi connectivity index (χ0n) is 10.7. The van der Waals surface area contributed by atoms with Crippen molar-refractivity contribution in [2.75, 3.05) is 11.1 Å². The van der Waals surface area contributed by atoms with Crippen molar-refractivity contribution in [3.63, 3.8) is 0 Å². The minimum absolute atomic E-state index is 0.181. The van der Waals surface area contributed by atoms with Crippen LogP contribution in [0.25, 0.3) is 10.8 Å². The van der Waals surface area contributed by atoms with Crippen LogP contribution in [0.2, 0.25) is 0 Å². The van der Waals surface area contributed by atoms with Crippen molar-refractivity contribution < 1.29 is 4.79 Å². The number of rotatable bonds is 2. The second-order valence-corrected chi connectivity index (χ2v) is 4.48. The number of hydrogen-bond acceptors (Lipinski definition) is 3. The molecule has 0 aliphatic rings. The van der Waals surface area contributed by atoms with E-state index in [4.69, 9.17) is 5.73 Å². The standard InChI is InChI=1S/C16H13N3O/c17-12-5-7-13(8-6-12)19-16(20)15-10-18-9-11-3-1-2-4-14(11)15/h1-10H,17H2,(H,19,20). The summed E-state index contributed by atoms with van der Waals surface area (Å²) in [6, 6.07) is 14.7. The summed E-state index contributed by atoms with van der Waals surface area (Å²) in [5.41, 5.74) is 7.54. The first kappa shape index (κ1) is 12.2. The van der Waals surface area contributed by atoms with Crippen molar-refractivity contribution in [2.24, 2.45) is 0 Å². The van der Waals surface area contributed by atoms with E-state index in [1.165, 1.54) is 0 Å². The first-order chi connectivity index (χ1) is 9.74. The van der Waals surface area contributed by atoms with E-state index in [2.05, 4.69) is 10.3 Å². The number of fused-ring (bicyclic) bond motifs is 1. The van der Waals surface area contributed by atoms with Crippen LogP contribution in [-0.4, -0.2) is 10.9 Å². The summed E-state index contributed by atoms with van der Waals surface area (Å²) in [6.45, 7) is 0. The molecule has 4 heteroatoms. The van der Waals surface area contributed by atoms with Gasteiger partial charge in [0.15, 0.2) is 0 Å². The first-order valence-corrected chi connectivity index (χ1v) is 6.24. The summed E-state index contributed by atoms with van der Waals surface area (Å²) in [5.74, 6) is -0.181. The smallest absolute Gasteiger partial charge is 0.257 e. The van der Waals surface area contributed by atoms with Gasteiger partial charge >= 0.3 is 0 Å². The van der Waals surface area contributed by atoms with Crippen LogP contribution in [0.3, 0.4) is 0 Å². The Morgan fingerprint density at radius 3 is 2.55 bits per heavy atom. The Morgan fingerprint density at radius 1 is 1.00 bits per heavy atom. The normalized spacial score (nSPS) is 10.4. The molecule has 1 aromatic heterocycles. The lowest BCUT2D eigenvalue weighted by Crippen LogP contribution is -2.12. The molecule has 0 saturated heterocycles. The van der Waals surface area contributed by atoms with Crippen LogP contribution in [0.1, 0.15) is 10.4 Å². The van der Waals surface area contributed by atoms with Crippen LogP contribution in [0.15, 0.2) is 60.9 Å². The third kappa shape index (κ3) is 2.31. The van der Waals surface area contributed by atoms with Crippen molar-refractivity contribution in [1.82, 2.24) is 4.98 Å². The fourth-order valence-corrected chi connectivity index (χ4v) is 2.06. The van der Waals surface area contributed by atoms with Crippen molar-refractivity contribution >= 4 is 28.1 Å². The molecule has 1 amide bonds. The van der Waals surface area contributed by atoms with E-state index in [-0.39, 0.29) is 5.91 Å². The maximum absolute atomic E-state index is 12.3. The lowest BCUT2D eigenvalue weighted by molar-refractivity contribution is 0.102. The number of nitrogens with two attached hydrogens (primary N) is 1. The summed E-state index contributed by atoms with van der Waals surface area (Å²) in [7, 11) is 0. The summed E-state index contributed by atoms with van der Waals surface area (Å²) >= 11 is 0. The van der Waals surface area contributed by atoms with Gasteiger partial charge in [-0.25, -0.2) is 0 Å². The molecular weight excluding hydrogens is 250 g/mol. The molecule has 0 fully saturated rings. The van der Waals surface area contributed by atoms with Crippen molar-refractivity contribution in [3.05, 3.63) is 66.5 Å². The SMILES string of the molecule is Nc1ccc(NC(=O)c2cncc3ccccc23)cc1. The Morgan fingerprint density at radius 2 is 1.75 bits per heavy atom. The van der Waals surface area contributed by atoms with Gasteiger partial charge in [-0.3, -0.25) is 9.78 Å². The van der Waals surface area contributed by atoms with E-state index in [0.29, 0.717) is 16.9 Å². The fraction of sp³-hybridized carbons (Fsp3) is 0. The van der Waals surface area contributed by atoms with E-state index >= 15 is 0 Å². The summed E-state index contributed by atoms with van der Waals surface area (Å²) in [4.78, 5) is 16.4. The minimum atomic E-state index is -0.181. The Labute approximate surface area is 116 Å². The molecule has 0 unspecified atom stereocenters. The second-order valence-electron chi connectivity index (χ2n) is 4.48. The lowest BCUT2D eigenvalue weighted by Gasteiger charge is -2.07. The zero-order valence-corrected chi connectivity index (χ0v) is 10.7. The van der Waals surface area contributed by atoms with Crippen LogP contribution < -0.4 is 11.1 Å². The molecule has 3 rings (SSSR count). The zero-order chi connectivity index (χ0) is 13.9. The number of benzene rings is 2. The molecule has 0 atom stereocenters. The van der Waals surface area contributed by atoms with E-state index in [0.717, 1.165) is 10.8 Å². The third-order valence-electron chi connectivity index (χ3n) is 3.08. The van der Waals surface area contributed by atoms with Gasteiger partial charge in [-0.1, -0.05) is 24.3 Å². The van der Waals surface area contributed by atoms with Crippen LogP contribution >= 0.6 is 0 Å². The maximum atomic E-state index is 12.3. The molecule has 0 saturated carbocycles. The Kier molecular flexibility index (Phi) is 3.05. The highest BCUT2D eigenvalue weighted by Crippen LogP contribution is 2.19. The number of nitrogens with one attached hydrogen (secondary N) is 1. The Hall–Kier alpha value is -2.88. The van der Waals surface area contributed by atoms with Crippen LogP contribution in [-0.2, 0) is 0 Å². The second kappa shape index (κ2) is 5.01.